The Balaban J connectivity index is 1.80. The molecule has 0 fully saturated rings. The van der Waals surface area contributed by atoms with Crippen LogP contribution in [0.2, 0.25) is 5.02 Å². The number of fused-ring (bicyclic) bond motifs is 1. The van der Waals surface area contributed by atoms with E-state index in [9.17, 15) is 9.59 Å². The highest BCUT2D eigenvalue weighted by Crippen LogP contribution is 2.36. The third-order valence-corrected chi connectivity index (χ3v) is 4.54. The number of nitrogens with one attached hydrogen (secondary N) is 1. The number of ether oxygens (including phenoxy) is 3. The van der Waals surface area contributed by atoms with Gasteiger partial charge in [-0.25, -0.2) is 4.79 Å². The minimum absolute atomic E-state index is 0.170. The Labute approximate surface area is 167 Å². The summed E-state index contributed by atoms with van der Waals surface area (Å²) in [5.41, 5.74) is 1.48. The van der Waals surface area contributed by atoms with Crippen molar-refractivity contribution in [3.63, 3.8) is 0 Å². The van der Waals surface area contributed by atoms with Crippen LogP contribution in [0.3, 0.4) is 0 Å². The molecule has 0 radical (unpaired) electrons. The number of carbonyl (C=O) groups is 2. The predicted molar refractivity (Wildman–Crippen MR) is 107 cm³/mol. The van der Waals surface area contributed by atoms with Gasteiger partial charge in [-0.2, -0.15) is 0 Å². The number of methoxy groups -OCH3 is 1. The molecule has 3 rings (SSSR count). The normalized spacial score (nSPS) is 11.9. The number of ketones is 1. The molecule has 1 N–H and O–H groups in total. The van der Waals surface area contributed by atoms with Gasteiger partial charge in [0, 0.05) is 22.7 Å². The van der Waals surface area contributed by atoms with E-state index in [1.165, 1.54) is 26.2 Å². The van der Waals surface area contributed by atoms with Gasteiger partial charge in [-0.15, -0.1) is 0 Å². The fourth-order valence-corrected chi connectivity index (χ4v) is 3.16. The monoisotopic (exact) mass is 401 g/mol. The van der Waals surface area contributed by atoms with Crippen LogP contribution in [0.15, 0.2) is 42.6 Å². The van der Waals surface area contributed by atoms with Crippen molar-refractivity contribution < 1.29 is 23.8 Å². The van der Waals surface area contributed by atoms with Gasteiger partial charge in [0.05, 0.1) is 24.3 Å². The molecule has 1 atom stereocenters. The first-order valence-corrected chi connectivity index (χ1v) is 9.15. The van der Waals surface area contributed by atoms with Crippen LogP contribution in [-0.2, 0) is 4.74 Å². The molecular weight excluding hydrogens is 382 g/mol. The number of Topliss-reactive ketones (excluding diaryl/α,β-unsaturated/α-hetero) is 1. The number of esters is 1. The lowest BCUT2D eigenvalue weighted by molar-refractivity contribution is 0.0319. The summed E-state index contributed by atoms with van der Waals surface area (Å²) >= 11 is 6.20. The fourth-order valence-electron chi connectivity index (χ4n) is 2.90. The number of halogens is 1. The number of para-hydroxylation sites is 1. The summed E-state index contributed by atoms with van der Waals surface area (Å²) < 4.78 is 16.0. The van der Waals surface area contributed by atoms with Crippen molar-refractivity contribution in [2.75, 3.05) is 13.7 Å². The van der Waals surface area contributed by atoms with Crippen LogP contribution in [-0.4, -0.2) is 36.6 Å². The molecule has 0 bridgehead atoms. The first-order valence-electron chi connectivity index (χ1n) is 8.77. The second kappa shape index (κ2) is 8.35. The van der Waals surface area contributed by atoms with Gasteiger partial charge in [0.15, 0.2) is 17.6 Å². The lowest BCUT2D eigenvalue weighted by atomic mass is 10.1. The van der Waals surface area contributed by atoms with Crippen LogP contribution < -0.4 is 9.47 Å². The second-order valence-electron chi connectivity index (χ2n) is 6.08. The van der Waals surface area contributed by atoms with Gasteiger partial charge in [0.1, 0.15) is 0 Å². The summed E-state index contributed by atoms with van der Waals surface area (Å²) in [6.45, 7) is 3.75. The van der Waals surface area contributed by atoms with Crippen LogP contribution in [0.5, 0.6) is 11.5 Å². The summed E-state index contributed by atoms with van der Waals surface area (Å²) in [5, 5.41) is 1.00. The number of aromatic amines is 1. The van der Waals surface area contributed by atoms with Crippen LogP contribution in [0.4, 0.5) is 0 Å². The Kier molecular flexibility index (Phi) is 5.90. The lowest BCUT2D eigenvalue weighted by Crippen LogP contribution is -2.24. The Hall–Kier alpha value is -2.99. The Bertz CT molecular complexity index is 1030. The number of aromatic nitrogens is 1. The van der Waals surface area contributed by atoms with E-state index in [1.807, 2.05) is 31.2 Å². The van der Waals surface area contributed by atoms with Gasteiger partial charge in [-0.1, -0.05) is 29.8 Å². The van der Waals surface area contributed by atoms with Gasteiger partial charge in [0.2, 0.25) is 5.78 Å². The smallest absolute Gasteiger partial charge is 0.339 e. The predicted octanol–water partition coefficient (Wildman–Crippen LogP) is 4.66. The topological polar surface area (TPSA) is 77.6 Å². The molecule has 0 aliphatic rings. The molecule has 146 valence electrons. The molecule has 0 unspecified atom stereocenters. The third-order valence-electron chi connectivity index (χ3n) is 4.26. The molecule has 2 aromatic carbocycles. The highest BCUT2D eigenvalue weighted by atomic mass is 35.5. The zero-order valence-corrected chi connectivity index (χ0v) is 16.5. The molecule has 6 nitrogen and oxygen atoms in total. The van der Waals surface area contributed by atoms with Gasteiger partial charge < -0.3 is 19.2 Å². The number of carbonyl (C=O) groups excluding carboxylic acids is 2. The summed E-state index contributed by atoms with van der Waals surface area (Å²) in [6.07, 6.45) is 0.650. The molecule has 0 aliphatic carbocycles. The van der Waals surface area contributed by atoms with E-state index in [-0.39, 0.29) is 16.4 Å². The van der Waals surface area contributed by atoms with Crippen LogP contribution in [0.1, 0.15) is 34.6 Å². The molecule has 1 heterocycles. The van der Waals surface area contributed by atoms with E-state index in [2.05, 4.69) is 4.98 Å². The van der Waals surface area contributed by atoms with Crippen molar-refractivity contribution in [3.05, 3.63) is 58.7 Å². The number of benzene rings is 2. The molecule has 0 amide bonds. The van der Waals surface area contributed by atoms with Gasteiger partial charge in [-0.05, 0) is 32.0 Å². The summed E-state index contributed by atoms with van der Waals surface area (Å²) in [6, 6.07) is 10.3. The molecule has 0 saturated carbocycles. The standard InChI is InChI=1S/C21H20ClNO5/c1-4-27-20-16(22)9-13(10-18(20)26-3)21(25)28-12(2)19(24)15-11-23-17-8-6-5-7-14(15)17/h5-12,23H,4H2,1-3H3/t12-/m1/s1. The van der Waals surface area contributed by atoms with Crippen LogP contribution >= 0.6 is 11.6 Å². The second-order valence-corrected chi connectivity index (χ2v) is 6.49. The van der Waals surface area contributed by atoms with Crippen molar-refractivity contribution in [3.8, 4) is 11.5 Å². The Morgan fingerprint density at radius 3 is 2.68 bits per heavy atom. The highest BCUT2D eigenvalue weighted by Gasteiger charge is 2.24. The van der Waals surface area contributed by atoms with E-state index >= 15 is 0 Å². The zero-order chi connectivity index (χ0) is 20.3. The molecule has 1 aromatic heterocycles. The summed E-state index contributed by atoms with van der Waals surface area (Å²) in [4.78, 5) is 28.3. The lowest BCUT2D eigenvalue weighted by Gasteiger charge is -2.15. The summed E-state index contributed by atoms with van der Waals surface area (Å²) in [5.74, 6) is -0.304. The SMILES string of the molecule is CCOc1c(Cl)cc(C(=O)O[C@H](C)C(=O)c2c[nH]c3ccccc23)cc1OC. The molecule has 3 aromatic rings. The maximum Gasteiger partial charge on any atom is 0.339 e. The number of hydrogen-bond donors (Lipinski definition) is 1. The Morgan fingerprint density at radius 1 is 1.21 bits per heavy atom. The van der Waals surface area contributed by atoms with E-state index in [1.54, 1.807) is 6.20 Å². The van der Waals surface area contributed by atoms with Crippen molar-refractivity contribution in [1.29, 1.82) is 0 Å². The highest BCUT2D eigenvalue weighted by molar-refractivity contribution is 6.32. The van der Waals surface area contributed by atoms with Crippen molar-refractivity contribution in [2.24, 2.45) is 0 Å². The van der Waals surface area contributed by atoms with Crippen molar-refractivity contribution in [2.45, 2.75) is 20.0 Å². The molecular formula is C21H20ClNO5. The maximum atomic E-state index is 12.7. The number of hydrogen-bond acceptors (Lipinski definition) is 5. The van der Waals surface area contributed by atoms with E-state index in [0.29, 0.717) is 23.7 Å². The molecule has 28 heavy (non-hydrogen) atoms. The fraction of sp³-hybridized carbons (Fsp3) is 0.238. The average molecular weight is 402 g/mol. The summed E-state index contributed by atoms with van der Waals surface area (Å²) in [7, 11) is 1.45. The maximum absolute atomic E-state index is 12.7. The third kappa shape index (κ3) is 3.82. The number of H-pyrrole nitrogens is 1. The van der Waals surface area contributed by atoms with Crippen molar-refractivity contribution >= 4 is 34.3 Å². The minimum atomic E-state index is -0.969. The van der Waals surface area contributed by atoms with E-state index in [0.717, 1.165) is 10.9 Å². The first-order chi connectivity index (χ1) is 13.5. The molecule has 0 aliphatic heterocycles. The number of rotatable bonds is 7. The van der Waals surface area contributed by atoms with E-state index < -0.39 is 12.1 Å². The Morgan fingerprint density at radius 2 is 1.96 bits per heavy atom. The van der Waals surface area contributed by atoms with Gasteiger partial charge in [0.25, 0.3) is 0 Å². The van der Waals surface area contributed by atoms with Gasteiger partial charge >= 0.3 is 5.97 Å². The van der Waals surface area contributed by atoms with Crippen molar-refractivity contribution in [1.82, 2.24) is 4.98 Å². The van der Waals surface area contributed by atoms with Gasteiger partial charge in [-0.3, -0.25) is 4.79 Å². The zero-order valence-electron chi connectivity index (χ0n) is 15.7. The molecule has 0 saturated heterocycles. The molecule has 0 spiro atoms. The van der Waals surface area contributed by atoms with Crippen LogP contribution in [0, 0.1) is 0 Å². The quantitative estimate of drug-likeness (QED) is 0.460. The van der Waals surface area contributed by atoms with Crippen LogP contribution in [0.25, 0.3) is 10.9 Å². The average Bonchev–Trinajstić information content (AvgIpc) is 3.12. The molecule has 7 heteroatoms. The van der Waals surface area contributed by atoms with E-state index in [4.69, 9.17) is 25.8 Å². The minimum Gasteiger partial charge on any atom is -0.493 e. The first kappa shape index (κ1) is 19.8. The largest absolute Gasteiger partial charge is 0.493 e.